The van der Waals surface area contributed by atoms with Crippen LogP contribution in [0.1, 0.15) is 25.8 Å². The molecule has 1 rings (SSSR count). The van der Waals surface area contributed by atoms with Crippen LogP contribution in [0.4, 0.5) is 5.69 Å². The Morgan fingerprint density at radius 1 is 1.33 bits per heavy atom. The SMILES string of the molecule is CCCOc1cc(C)ccc1NCC(C)COC. The molecule has 1 aromatic carbocycles. The number of benzene rings is 1. The Kier molecular flexibility index (Phi) is 6.58. The maximum atomic E-state index is 5.77. The van der Waals surface area contributed by atoms with Gasteiger partial charge >= 0.3 is 0 Å². The van der Waals surface area contributed by atoms with Crippen LogP contribution in [0.5, 0.6) is 5.75 Å². The minimum atomic E-state index is 0.482. The first-order chi connectivity index (χ1) is 8.67. The van der Waals surface area contributed by atoms with Crippen LogP contribution in [0.2, 0.25) is 0 Å². The molecule has 0 aromatic heterocycles. The first-order valence-electron chi connectivity index (χ1n) is 6.63. The second-order valence-corrected chi connectivity index (χ2v) is 4.79. The highest BCUT2D eigenvalue weighted by Gasteiger charge is 2.06. The maximum Gasteiger partial charge on any atom is 0.142 e. The molecule has 0 fully saturated rings. The van der Waals surface area contributed by atoms with E-state index in [1.165, 1.54) is 5.56 Å². The van der Waals surface area contributed by atoms with E-state index in [2.05, 4.69) is 44.3 Å². The molecule has 1 N–H and O–H groups in total. The summed E-state index contributed by atoms with van der Waals surface area (Å²) in [6, 6.07) is 6.26. The van der Waals surface area contributed by atoms with Gasteiger partial charge in [0, 0.05) is 13.7 Å². The van der Waals surface area contributed by atoms with E-state index in [-0.39, 0.29) is 0 Å². The van der Waals surface area contributed by atoms with E-state index in [4.69, 9.17) is 9.47 Å². The quantitative estimate of drug-likeness (QED) is 0.767. The molecular formula is C15H25NO2. The van der Waals surface area contributed by atoms with Crippen molar-refractivity contribution in [2.24, 2.45) is 5.92 Å². The summed E-state index contributed by atoms with van der Waals surface area (Å²) in [4.78, 5) is 0. The van der Waals surface area contributed by atoms with Crippen LogP contribution in [0.3, 0.4) is 0 Å². The predicted molar refractivity (Wildman–Crippen MR) is 76.5 cm³/mol. The molecule has 1 unspecified atom stereocenters. The topological polar surface area (TPSA) is 30.5 Å². The highest BCUT2D eigenvalue weighted by molar-refractivity contribution is 5.57. The molecular weight excluding hydrogens is 226 g/mol. The van der Waals surface area contributed by atoms with E-state index in [0.717, 1.165) is 37.6 Å². The van der Waals surface area contributed by atoms with Crippen LogP contribution in [0.15, 0.2) is 18.2 Å². The minimum absolute atomic E-state index is 0.482. The van der Waals surface area contributed by atoms with Gasteiger partial charge in [-0.1, -0.05) is 19.9 Å². The lowest BCUT2D eigenvalue weighted by Crippen LogP contribution is -2.16. The monoisotopic (exact) mass is 251 g/mol. The zero-order chi connectivity index (χ0) is 13.4. The Bertz CT molecular complexity index is 352. The summed E-state index contributed by atoms with van der Waals surface area (Å²) in [7, 11) is 1.73. The number of anilines is 1. The van der Waals surface area contributed by atoms with Crippen molar-refractivity contribution in [1.82, 2.24) is 0 Å². The number of ether oxygens (including phenoxy) is 2. The number of hydrogen-bond acceptors (Lipinski definition) is 3. The summed E-state index contributed by atoms with van der Waals surface area (Å²) in [6.45, 7) is 8.77. The summed E-state index contributed by atoms with van der Waals surface area (Å²) in [5, 5.41) is 3.43. The average Bonchev–Trinajstić information content (AvgIpc) is 2.35. The van der Waals surface area contributed by atoms with Gasteiger partial charge in [-0.3, -0.25) is 0 Å². The Hall–Kier alpha value is -1.22. The number of nitrogens with one attached hydrogen (secondary N) is 1. The molecule has 0 saturated heterocycles. The lowest BCUT2D eigenvalue weighted by atomic mass is 10.1. The van der Waals surface area contributed by atoms with Crippen molar-refractivity contribution in [2.45, 2.75) is 27.2 Å². The second kappa shape index (κ2) is 7.98. The van der Waals surface area contributed by atoms with E-state index >= 15 is 0 Å². The van der Waals surface area contributed by atoms with E-state index in [1.807, 2.05) is 0 Å². The molecule has 0 bridgehead atoms. The van der Waals surface area contributed by atoms with Crippen molar-refractivity contribution < 1.29 is 9.47 Å². The third-order valence-corrected chi connectivity index (χ3v) is 2.69. The Balaban J connectivity index is 2.62. The Morgan fingerprint density at radius 2 is 2.11 bits per heavy atom. The van der Waals surface area contributed by atoms with Crippen LogP contribution in [-0.2, 0) is 4.74 Å². The van der Waals surface area contributed by atoms with Crippen molar-refractivity contribution >= 4 is 5.69 Å². The first kappa shape index (κ1) is 14.8. The molecule has 102 valence electrons. The van der Waals surface area contributed by atoms with E-state index in [0.29, 0.717) is 5.92 Å². The molecule has 3 heteroatoms. The first-order valence-corrected chi connectivity index (χ1v) is 6.63. The average molecular weight is 251 g/mol. The van der Waals surface area contributed by atoms with Gasteiger partial charge in [0.15, 0.2) is 0 Å². The number of hydrogen-bond donors (Lipinski definition) is 1. The molecule has 0 aliphatic carbocycles. The third kappa shape index (κ3) is 4.96. The number of methoxy groups -OCH3 is 1. The maximum absolute atomic E-state index is 5.77. The molecule has 18 heavy (non-hydrogen) atoms. The molecule has 0 amide bonds. The fraction of sp³-hybridized carbons (Fsp3) is 0.600. The third-order valence-electron chi connectivity index (χ3n) is 2.69. The lowest BCUT2D eigenvalue weighted by molar-refractivity contribution is 0.164. The van der Waals surface area contributed by atoms with Gasteiger partial charge in [-0.2, -0.15) is 0 Å². The Labute approximate surface area is 110 Å². The summed E-state index contributed by atoms with van der Waals surface area (Å²) in [5.41, 5.74) is 2.29. The highest BCUT2D eigenvalue weighted by Crippen LogP contribution is 2.26. The molecule has 0 aliphatic rings. The van der Waals surface area contributed by atoms with Crippen molar-refractivity contribution in [1.29, 1.82) is 0 Å². The summed E-state index contributed by atoms with van der Waals surface area (Å²) in [6.07, 6.45) is 1.02. The molecule has 1 aromatic rings. The lowest BCUT2D eigenvalue weighted by Gasteiger charge is -2.16. The normalized spacial score (nSPS) is 12.2. The molecule has 0 spiro atoms. The molecule has 0 aliphatic heterocycles. The number of rotatable bonds is 8. The smallest absolute Gasteiger partial charge is 0.142 e. The fourth-order valence-electron chi connectivity index (χ4n) is 1.73. The van der Waals surface area contributed by atoms with Gasteiger partial charge in [-0.05, 0) is 37.0 Å². The zero-order valence-corrected chi connectivity index (χ0v) is 12.0. The van der Waals surface area contributed by atoms with Crippen LogP contribution in [0, 0.1) is 12.8 Å². The molecule has 0 radical (unpaired) electrons. The second-order valence-electron chi connectivity index (χ2n) is 4.79. The van der Waals surface area contributed by atoms with E-state index < -0.39 is 0 Å². The van der Waals surface area contributed by atoms with Gasteiger partial charge in [0.05, 0.1) is 18.9 Å². The van der Waals surface area contributed by atoms with Gasteiger partial charge in [-0.25, -0.2) is 0 Å². The van der Waals surface area contributed by atoms with Crippen molar-refractivity contribution in [2.75, 3.05) is 32.2 Å². The Morgan fingerprint density at radius 3 is 2.78 bits per heavy atom. The van der Waals surface area contributed by atoms with Gasteiger partial charge in [0.2, 0.25) is 0 Å². The van der Waals surface area contributed by atoms with Crippen LogP contribution in [0.25, 0.3) is 0 Å². The largest absolute Gasteiger partial charge is 0.491 e. The van der Waals surface area contributed by atoms with Crippen molar-refractivity contribution in [3.05, 3.63) is 23.8 Å². The van der Waals surface area contributed by atoms with Crippen LogP contribution < -0.4 is 10.1 Å². The molecule has 1 atom stereocenters. The standard InChI is InChI=1S/C15H25NO2/c1-5-8-18-15-9-12(2)6-7-14(15)16-10-13(3)11-17-4/h6-7,9,13,16H,5,8,10-11H2,1-4H3. The summed E-state index contributed by atoms with van der Waals surface area (Å²) < 4.78 is 10.9. The van der Waals surface area contributed by atoms with Crippen LogP contribution >= 0.6 is 0 Å². The van der Waals surface area contributed by atoms with E-state index in [1.54, 1.807) is 7.11 Å². The fourth-order valence-corrected chi connectivity index (χ4v) is 1.73. The van der Waals surface area contributed by atoms with Gasteiger partial charge < -0.3 is 14.8 Å². The van der Waals surface area contributed by atoms with Crippen LogP contribution in [-0.4, -0.2) is 26.9 Å². The van der Waals surface area contributed by atoms with Gasteiger partial charge in [0.25, 0.3) is 0 Å². The highest BCUT2D eigenvalue weighted by atomic mass is 16.5. The summed E-state index contributed by atoms with van der Waals surface area (Å²) in [5.74, 6) is 1.43. The molecule has 3 nitrogen and oxygen atoms in total. The number of aryl methyl sites for hydroxylation is 1. The molecule has 0 heterocycles. The van der Waals surface area contributed by atoms with Crippen molar-refractivity contribution in [3.63, 3.8) is 0 Å². The summed E-state index contributed by atoms with van der Waals surface area (Å²) >= 11 is 0. The molecule has 0 saturated carbocycles. The minimum Gasteiger partial charge on any atom is -0.491 e. The van der Waals surface area contributed by atoms with E-state index in [9.17, 15) is 0 Å². The zero-order valence-electron chi connectivity index (χ0n) is 12.0. The van der Waals surface area contributed by atoms with Gasteiger partial charge in [-0.15, -0.1) is 0 Å². The van der Waals surface area contributed by atoms with Crippen molar-refractivity contribution in [3.8, 4) is 5.75 Å². The van der Waals surface area contributed by atoms with Gasteiger partial charge in [0.1, 0.15) is 5.75 Å². The predicted octanol–water partition coefficient (Wildman–Crippen LogP) is 3.48.